The highest BCUT2D eigenvalue weighted by Gasteiger charge is 2.37. The first-order valence-electron chi connectivity index (χ1n) is 16.0. The zero-order chi connectivity index (χ0) is 34.8. The van der Waals surface area contributed by atoms with E-state index in [1.54, 1.807) is 68.9 Å². The molecule has 1 atom stereocenters. The van der Waals surface area contributed by atoms with Gasteiger partial charge in [-0.15, -0.1) is 0 Å². The Balaban J connectivity index is 1.55. The lowest BCUT2D eigenvalue weighted by Crippen LogP contribution is -2.40. The van der Waals surface area contributed by atoms with E-state index >= 15 is 0 Å². The number of nitrogens with zero attached hydrogens (tertiary/aromatic N) is 2. The topological polar surface area (TPSA) is 109 Å². The Hall–Kier alpha value is -4.93. The van der Waals surface area contributed by atoms with E-state index in [0.29, 0.717) is 66.0 Å². The normalized spacial score (nSPS) is 14.6. The molecule has 0 spiro atoms. The van der Waals surface area contributed by atoms with Crippen LogP contribution in [0.15, 0.2) is 92.2 Å². The van der Waals surface area contributed by atoms with E-state index in [9.17, 15) is 14.4 Å². The van der Waals surface area contributed by atoms with Gasteiger partial charge in [-0.05, 0) is 74.4 Å². The van der Waals surface area contributed by atoms with Gasteiger partial charge in [0, 0.05) is 22.2 Å². The van der Waals surface area contributed by atoms with E-state index in [1.165, 1.54) is 11.3 Å². The summed E-state index contributed by atoms with van der Waals surface area (Å²) in [5.74, 6) is 0.249. The van der Waals surface area contributed by atoms with Crippen LogP contribution in [-0.4, -0.2) is 36.3 Å². The number of ether oxygens (including phenoxy) is 3. The molecule has 0 fully saturated rings. The van der Waals surface area contributed by atoms with Crippen LogP contribution in [0.3, 0.4) is 0 Å². The van der Waals surface area contributed by atoms with Gasteiger partial charge in [0.15, 0.2) is 4.80 Å². The molecule has 3 aromatic carbocycles. The molecule has 49 heavy (non-hydrogen) atoms. The summed E-state index contributed by atoms with van der Waals surface area (Å²) < 4.78 is 24.9. The lowest BCUT2D eigenvalue weighted by molar-refractivity contribution is -0.139. The van der Waals surface area contributed by atoms with Gasteiger partial charge in [0.1, 0.15) is 23.3 Å². The second-order valence-electron chi connectivity index (χ2n) is 11.7. The van der Waals surface area contributed by atoms with Crippen molar-refractivity contribution in [3.05, 3.63) is 120 Å². The van der Waals surface area contributed by atoms with Gasteiger partial charge < -0.3 is 18.6 Å². The number of hydrogen-bond donors (Lipinski definition) is 0. The average molecular weight is 699 g/mol. The van der Waals surface area contributed by atoms with Crippen LogP contribution in [0.1, 0.15) is 68.3 Å². The molecule has 252 valence electrons. The summed E-state index contributed by atoms with van der Waals surface area (Å²) >= 11 is 7.50. The molecule has 0 aliphatic carbocycles. The van der Waals surface area contributed by atoms with E-state index in [-0.39, 0.29) is 18.3 Å². The minimum Gasteiger partial charge on any atom is -0.496 e. The molecule has 3 heterocycles. The lowest BCUT2D eigenvalue weighted by atomic mass is 9.90. The molecule has 0 unspecified atom stereocenters. The quantitative estimate of drug-likeness (QED) is 0.142. The number of benzene rings is 3. The van der Waals surface area contributed by atoms with Gasteiger partial charge in [-0.1, -0.05) is 66.6 Å². The zero-order valence-electron chi connectivity index (χ0n) is 27.7. The largest absolute Gasteiger partial charge is 0.496 e. The second kappa shape index (κ2) is 14.3. The first-order chi connectivity index (χ1) is 23.6. The molecule has 0 N–H and O–H groups in total. The predicted molar refractivity (Wildman–Crippen MR) is 190 cm³/mol. The van der Waals surface area contributed by atoms with Crippen molar-refractivity contribution in [1.29, 1.82) is 0 Å². The van der Waals surface area contributed by atoms with Crippen LogP contribution < -0.4 is 19.6 Å². The fourth-order valence-electron chi connectivity index (χ4n) is 6.01. The van der Waals surface area contributed by atoms with Crippen molar-refractivity contribution in [2.75, 3.05) is 13.7 Å². The molecule has 1 aliphatic rings. The van der Waals surface area contributed by atoms with Gasteiger partial charge in [-0.3, -0.25) is 9.36 Å². The Morgan fingerprint density at radius 1 is 1.06 bits per heavy atom. The number of allylic oxidation sites excluding steroid dienone is 1. The fraction of sp³-hybridized carbons (Fsp3) is 0.263. The van der Waals surface area contributed by atoms with E-state index in [1.807, 2.05) is 43.3 Å². The summed E-state index contributed by atoms with van der Waals surface area (Å²) in [4.78, 5) is 46.4. The number of carbonyl (C=O) groups excluding carboxylic acids is 2. The number of hydrogen-bond acceptors (Lipinski definition) is 9. The van der Waals surface area contributed by atoms with Gasteiger partial charge in [-0.2, -0.15) is 0 Å². The molecule has 0 bridgehead atoms. The van der Waals surface area contributed by atoms with Crippen molar-refractivity contribution in [2.45, 2.75) is 52.7 Å². The minimum absolute atomic E-state index is 0.163. The molecule has 5 aromatic rings. The maximum Gasteiger partial charge on any atom is 0.339 e. The molecule has 6 rings (SSSR count). The summed E-state index contributed by atoms with van der Waals surface area (Å²) in [6, 6.07) is 19.0. The number of halogens is 1. The molecule has 0 amide bonds. The van der Waals surface area contributed by atoms with Crippen LogP contribution in [0.4, 0.5) is 0 Å². The van der Waals surface area contributed by atoms with E-state index in [0.717, 1.165) is 17.2 Å². The van der Waals surface area contributed by atoms with Gasteiger partial charge in [0.2, 0.25) is 0 Å². The molecule has 1 aliphatic heterocycles. The van der Waals surface area contributed by atoms with Crippen molar-refractivity contribution in [1.82, 2.24) is 4.57 Å². The third kappa shape index (κ3) is 6.58. The first-order valence-corrected chi connectivity index (χ1v) is 17.2. The fourth-order valence-corrected chi connectivity index (χ4v) is 7.18. The number of esters is 2. The Morgan fingerprint density at radius 3 is 2.59 bits per heavy atom. The number of fused-ring (bicyclic) bond motifs is 2. The van der Waals surface area contributed by atoms with Crippen molar-refractivity contribution >= 4 is 51.7 Å². The van der Waals surface area contributed by atoms with Crippen LogP contribution in [0, 0.1) is 0 Å². The van der Waals surface area contributed by atoms with E-state index in [2.05, 4.69) is 0 Å². The Labute approximate surface area is 291 Å². The molecule has 0 saturated carbocycles. The van der Waals surface area contributed by atoms with Crippen LogP contribution in [-0.2, 0) is 14.3 Å². The molecular formula is C38H35ClN2O7S. The van der Waals surface area contributed by atoms with Gasteiger partial charge >= 0.3 is 11.9 Å². The van der Waals surface area contributed by atoms with Crippen LogP contribution in [0.5, 0.6) is 5.75 Å². The Kier molecular flexibility index (Phi) is 9.89. The SMILES string of the molecule is CCCC1=C(C(=O)OCC)[C@@H](c2c(OC)ccc3ccccc23)n2c(s/c(=C/c3ccc(-c4cc(Cl)ccc4C(=O)OC(C)C)o3)c2=O)=N1. The lowest BCUT2D eigenvalue weighted by Gasteiger charge is -2.28. The summed E-state index contributed by atoms with van der Waals surface area (Å²) in [5.41, 5.74) is 1.95. The maximum absolute atomic E-state index is 14.4. The number of methoxy groups -OCH3 is 1. The van der Waals surface area contributed by atoms with Gasteiger partial charge in [0.05, 0.1) is 41.2 Å². The highest BCUT2D eigenvalue weighted by molar-refractivity contribution is 7.07. The highest BCUT2D eigenvalue weighted by atomic mass is 35.5. The third-order valence-corrected chi connectivity index (χ3v) is 9.24. The van der Waals surface area contributed by atoms with Crippen molar-refractivity contribution < 1.29 is 28.2 Å². The molecular weight excluding hydrogens is 664 g/mol. The van der Waals surface area contributed by atoms with Crippen LogP contribution in [0.25, 0.3) is 28.2 Å². The monoisotopic (exact) mass is 698 g/mol. The minimum atomic E-state index is -0.867. The van der Waals surface area contributed by atoms with Crippen molar-refractivity contribution in [3.63, 3.8) is 0 Å². The zero-order valence-corrected chi connectivity index (χ0v) is 29.3. The Morgan fingerprint density at radius 2 is 1.86 bits per heavy atom. The summed E-state index contributed by atoms with van der Waals surface area (Å²) in [5, 5.41) is 2.19. The standard InChI is InChI=1S/C38H35ClN2O7S/c1-6-10-28-33(37(44)46-7-2)34(32-25-12-9-8-11-22(25)13-17-30(32)45-5)41-35(42)31(49-38(41)40-28)20-24-15-18-29(48-24)27-19-23(39)14-16-26(27)36(43)47-21(3)4/h8-9,11-21,34H,6-7,10H2,1-5H3/b31-20+/t34-/m1/s1. The number of thiazole rings is 1. The third-order valence-electron chi connectivity index (χ3n) is 8.03. The first kappa shape index (κ1) is 34.0. The number of carbonyl (C=O) groups is 2. The molecule has 11 heteroatoms. The number of aromatic nitrogens is 1. The number of furan rings is 1. The van der Waals surface area contributed by atoms with Crippen molar-refractivity contribution in [2.24, 2.45) is 4.99 Å². The second-order valence-corrected chi connectivity index (χ2v) is 13.1. The summed E-state index contributed by atoms with van der Waals surface area (Å²) in [6.45, 7) is 7.47. The Bertz CT molecular complexity index is 2300. The maximum atomic E-state index is 14.4. The van der Waals surface area contributed by atoms with Gasteiger partial charge in [0.25, 0.3) is 5.56 Å². The van der Waals surface area contributed by atoms with Crippen LogP contribution >= 0.6 is 22.9 Å². The average Bonchev–Trinajstić information content (AvgIpc) is 3.67. The van der Waals surface area contributed by atoms with Gasteiger partial charge in [-0.25, -0.2) is 14.6 Å². The predicted octanol–water partition coefficient (Wildman–Crippen LogP) is 7.22. The van der Waals surface area contributed by atoms with E-state index in [4.69, 9.17) is 35.2 Å². The molecule has 2 aromatic heterocycles. The van der Waals surface area contributed by atoms with Crippen molar-refractivity contribution in [3.8, 4) is 17.1 Å². The summed E-state index contributed by atoms with van der Waals surface area (Å²) in [6.07, 6.45) is 2.55. The highest BCUT2D eigenvalue weighted by Crippen LogP contribution is 2.41. The smallest absolute Gasteiger partial charge is 0.339 e. The number of rotatable bonds is 10. The molecule has 0 saturated heterocycles. The van der Waals surface area contributed by atoms with Crippen LogP contribution in [0.2, 0.25) is 5.02 Å². The van der Waals surface area contributed by atoms with E-state index < -0.39 is 18.0 Å². The molecule has 9 nitrogen and oxygen atoms in total. The summed E-state index contributed by atoms with van der Waals surface area (Å²) in [7, 11) is 1.57. The molecule has 0 radical (unpaired) electrons.